The largest absolute Gasteiger partial charge is 0.494 e. The molecule has 0 aromatic heterocycles. The molecule has 1 aliphatic rings. The van der Waals surface area contributed by atoms with Crippen LogP contribution in [0.15, 0.2) is 118 Å². The van der Waals surface area contributed by atoms with Gasteiger partial charge in [0.25, 0.3) is 5.91 Å². The van der Waals surface area contributed by atoms with Gasteiger partial charge in [0.15, 0.2) is 21.5 Å². The highest BCUT2D eigenvalue weighted by Crippen LogP contribution is 2.46. The molecular weight excluding hydrogens is 642 g/mol. The van der Waals surface area contributed by atoms with Crippen molar-refractivity contribution in [1.82, 2.24) is 5.32 Å². The Morgan fingerprint density at radius 2 is 1.79 bits per heavy atom. The Hall–Kier alpha value is -4.87. The molecule has 11 nitrogen and oxygen atoms in total. The van der Waals surface area contributed by atoms with Crippen molar-refractivity contribution in [2.75, 3.05) is 19.0 Å². The fourth-order valence-corrected chi connectivity index (χ4v) is 6.81. The van der Waals surface area contributed by atoms with Gasteiger partial charge in [-0.2, -0.15) is 0 Å². The number of nitrogens with one attached hydrogen (secondary N) is 1. The Kier molecular flexibility index (Phi) is 10.8. The first kappa shape index (κ1) is 33.5. The van der Waals surface area contributed by atoms with Crippen molar-refractivity contribution in [1.29, 1.82) is 0 Å². The van der Waals surface area contributed by atoms with Crippen LogP contribution in [0.3, 0.4) is 0 Å². The third kappa shape index (κ3) is 7.93. The molecule has 0 bridgehead atoms. The molecule has 0 saturated carbocycles. The number of hydrogen-bond acceptors (Lipinski definition) is 8. The van der Waals surface area contributed by atoms with Crippen molar-refractivity contribution in [3.63, 3.8) is 0 Å². The van der Waals surface area contributed by atoms with Crippen LogP contribution in [0, 0.1) is 0 Å². The molecule has 0 radical (unpaired) electrons. The summed E-state index contributed by atoms with van der Waals surface area (Å²) in [7, 11) is -3.86. The van der Waals surface area contributed by atoms with Crippen LogP contribution in [0.4, 0.5) is 5.69 Å². The second-order valence-electron chi connectivity index (χ2n) is 10.7. The second-order valence-corrected chi connectivity index (χ2v) is 13.3. The molecule has 242 valence electrons. The Labute approximate surface area is 277 Å². The zero-order chi connectivity index (χ0) is 33.3. The lowest BCUT2D eigenvalue weighted by molar-refractivity contribution is -0.129. The summed E-state index contributed by atoms with van der Waals surface area (Å²) < 4.78 is 39.2. The highest BCUT2D eigenvalue weighted by Gasteiger charge is 2.54. The van der Waals surface area contributed by atoms with Crippen LogP contribution in [0.2, 0.25) is 5.02 Å². The molecule has 0 fully saturated rings. The van der Waals surface area contributed by atoms with Crippen LogP contribution >= 0.6 is 11.6 Å². The monoisotopic (exact) mass is 673 g/mol. The number of benzene rings is 4. The fraction of sp³-hybridized carbons (Fsp3) is 0.235. The van der Waals surface area contributed by atoms with Crippen molar-refractivity contribution in [2.45, 2.75) is 35.9 Å². The number of halogens is 1. The lowest BCUT2D eigenvalue weighted by Crippen LogP contribution is -2.49. The quantitative estimate of drug-likeness (QED) is 0.0673. The molecule has 4 aromatic rings. The van der Waals surface area contributed by atoms with Gasteiger partial charge < -0.3 is 19.9 Å². The average Bonchev–Trinajstić information content (AvgIpc) is 3.48. The molecule has 2 atom stereocenters. The molecule has 1 heterocycles. The van der Waals surface area contributed by atoms with E-state index in [1.807, 2.05) is 0 Å². The van der Waals surface area contributed by atoms with Gasteiger partial charge in [0, 0.05) is 52.7 Å². The van der Waals surface area contributed by atoms with E-state index in [4.69, 9.17) is 31.2 Å². The van der Waals surface area contributed by atoms with Crippen molar-refractivity contribution >= 4 is 38.9 Å². The Morgan fingerprint density at radius 1 is 1.04 bits per heavy atom. The standard InChI is InChI=1S/C34H32ClN5O6S/c35-26-9-6-8-24(22-26)23-37-33(42)34(18-21-47(43,44)28-10-2-1-3-11-28)31(29-12-4-5-13-30(29)39-40-36)46-32(38-34)25-14-16-27(17-15-25)45-20-7-19-41/h1-6,8-17,22,31,41H,7,18-21,23H2,(H,37,42)/t31-,34-/m1/s1. The van der Waals surface area contributed by atoms with Gasteiger partial charge in [-0.3, -0.25) is 4.79 Å². The molecule has 4 aromatic carbocycles. The molecule has 0 saturated heterocycles. The Bertz CT molecular complexity index is 1900. The molecule has 1 aliphatic heterocycles. The Morgan fingerprint density at radius 3 is 2.51 bits per heavy atom. The number of nitrogens with zero attached hydrogens (tertiary/aromatic N) is 4. The van der Waals surface area contributed by atoms with Gasteiger partial charge in [-0.05, 0) is 59.6 Å². The van der Waals surface area contributed by atoms with Gasteiger partial charge in [-0.25, -0.2) is 13.4 Å². The topological polar surface area (TPSA) is 163 Å². The molecule has 0 aliphatic carbocycles. The van der Waals surface area contributed by atoms with E-state index in [9.17, 15) is 18.7 Å². The van der Waals surface area contributed by atoms with E-state index in [0.717, 1.165) is 5.56 Å². The summed E-state index contributed by atoms with van der Waals surface area (Å²) in [6.07, 6.45) is -0.944. The van der Waals surface area contributed by atoms with Crippen LogP contribution in [-0.2, 0) is 25.9 Å². The highest BCUT2D eigenvalue weighted by molar-refractivity contribution is 7.91. The SMILES string of the molecule is [N-]=[N+]=Nc1ccccc1[C@H]1OC(c2ccc(OCCCO)cc2)=N[C@@]1(CCS(=O)(=O)c1ccccc1)C(=O)NCc1cccc(Cl)c1. The minimum absolute atomic E-state index is 0.00287. The molecule has 0 unspecified atom stereocenters. The number of hydrogen-bond donors (Lipinski definition) is 2. The van der Waals surface area contributed by atoms with Crippen molar-refractivity contribution in [3.8, 4) is 5.75 Å². The summed E-state index contributed by atoms with van der Waals surface area (Å²) in [6.45, 7) is 0.419. The van der Waals surface area contributed by atoms with Crippen LogP contribution < -0.4 is 10.1 Å². The summed E-state index contributed by atoms with van der Waals surface area (Å²) in [5.41, 5.74) is 9.34. The molecule has 47 heavy (non-hydrogen) atoms. The first-order valence-corrected chi connectivity index (χ1v) is 16.8. The highest BCUT2D eigenvalue weighted by atomic mass is 35.5. The molecule has 1 amide bonds. The second kappa shape index (κ2) is 15.1. The summed E-state index contributed by atoms with van der Waals surface area (Å²) in [4.78, 5) is 22.4. The summed E-state index contributed by atoms with van der Waals surface area (Å²) >= 11 is 6.18. The van der Waals surface area contributed by atoms with Crippen molar-refractivity contribution in [2.24, 2.45) is 10.1 Å². The van der Waals surface area contributed by atoms with E-state index in [1.165, 1.54) is 12.1 Å². The lowest BCUT2D eigenvalue weighted by Gasteiger charge is -2.31. The van der Waals surface area contributed by atoms with E-state index in [-0.39, 0.29) is 36.1 Å². The maximum atomic E-state index is 14.4. The van der Waals surface area contributed by atoms with E-state index >= 15 is 0 Å². The number of aliphatic hydroxyl groups excluding tert-OH is 1. The van der Waals surface area contributed by atoms with E-state index in [1.54, 1.807) is 91.0 Å². The predicted molar refractivity (Wildman–Crippen MR) is 178 cm³/mol. The summed E-state index contributed by atoms with van der Waals surface area (Å²) in [5.74, 6) is -0.354. The summed E-state index contributed by atoms with van der Waals surface area (Å²) in [6, 6.07) is 28.5. The van der Waals surface area contributed by atoms with Gasteiger partial charge in [0.2, 0.25) is 5.90 Å². The van der Waals surface area contributed by atoms with Gasteiger partial charge in [-0.1, -0.05) is 71.3 Å². The van der Waals surface area contributed by atoms with Crippen LogP contribution in [0.1, 0.15) is 35.6 Å². The van der Waals surface area contributed by atoms with Gasteiger partial charge in [-0.15, -0.1) is 0 Å². The van der Waals surface area contributed by atoms with Crippen LogP contribution in [0.5, 0.6) is 5.75 Å². The van der Waals surface area contributed by atoms with E-state index in [2.05, 4.69) is 15.3 Å². The van der Waals surface area contributed by atoms with Crippen LogP contribution in [0.25, 0.3) is 10.4 Å². The van der Waals surface area contributed by atoms with Crippen LogP contribution in [-0.4, -0.2) is 49.8 Å². The first-order chi connectivity index (χ1) is 22.8. The minimum atomic E-state index is -3.86. The number of aliphatic imine (C=N–C) groups is 1. The summed E-state index contributed by atoms with van der Waals surface area (Å²) in [5, 5.41) is 16.3. The zero-order valence-electron chi connectivity index (χ0n) is 25.2. The van der Waals surface area contributed by atoms with Gasteiger partial charge in [0.1, 0.15) is 5.75 Å². The third-order valence-corrected chi connectivity index (χ3v) is 9.57. The molecule has 13 heteroatoms. The maximum Gasteiger partial charge on any atom is 0.252 e. The number of aliphatic hydroxyl groups is 1. The number of azide groups is 1. The normalized spacial score (nSPS) is 17.2. The van der Waals surface area contributed by atoms with Crippen molar-refractivity contribution < 1.29 is 27.8 Å². The first-order valence-electron chi connectivity index (χ1n) is 14.8. The third-order valence-electron chi connectivity index (χ3n) is 7.60. The molecule has 5 rings (SSSR count). The number of carbonyl (C=O) groups excluding carboxylic acids is 1. The number of rotatable bonds is 14. The predicted octanol–water partition coefficient (Wildman–Crippen LogP) is 6.48. The number of carbonyl (C=O) groups is 1. The smallest absolute Gasteiger partial charge is 0.252 e. The number of ether oxygens (including phenoxy) is 2. The van der Waals surface area contributed by atoms with Crippen molar-refractivity contribution in [3.05, 3.63) is 135 Å². The number of sulfone groups is 1. The van der Waals surface area contributed by atoms with Gasteiger partial charge >= 0.3 is 0 Å². The molecule has 0 spiro atoms. The maximum absolute atomic E-state index is 14.4. The number of amides is 1. The van der Waals surface area contributed by atoms with Gasteiger partial charge in [0.05, 0.1) is 17.3 Å². The average molecular weight is 674 g/mol. The zero-order valence-corrected chi connectivity index (χ0v) is 26.8. The minimum Gasteiger partial charge on any atom is -0.494 e. The Balaban J connectivity index is 1.59. The van der Waals surface area contributed by atoms with E-state index in [0.29, 0.717) is 34.9 Å². The van der Waals surface area contributed by atoms with E-state index < -0.39 is 33.1 Å². The lowest BCUT2D eigenvalue weighted by atomic mass is 9.84. The molecule has 2 N–H and O–H groups in total. The fourth-order valence-electron chi connectivity index (χ4n) is 5.21. The molecular formula is C34H32ClN5O6S.